The van der Waals surface area contributed by atoms with E-state index in [-0.39, 0.29) is 0 Å². The Labute approximate surface area is 120 Å². The second-order valence-electron chi connectivity index (χ2n) is 4.47. The predicted molar refractivity (Wildman–Crippen MR) is 64.6 cm³/mol. The van der Waals surface area contributed by atoms with Gasteiger partial charge >= 0.3 is 17.9 Å². The van der Waals surface area contributed by atoms with Crippen molar-refractivity contribution in [3.8, 4) is 0 Å². The van der Waals surface area contributed by atoms with Gasteiger partial charge in [-0.1, -0.05) is 0 Å². The van der Waals surface area contributed by atoms with Crippen LogP contribution in [0.2, 0.25) is 0 Å². The molecule has 9 nitrogen and oxygen atoms in total. The first-order chi connectivity index (χ1) is 9.76. The van der Waals surface area contributed by atoms with E-state index in [0.717, 1.165) is 20.8 Å². The van der Waals surface area contributed by atoms with Crippen LogP contribution in [0.25, 0.3) is 0 Å². The maximum atomic E-state index is 11.2. The van der Waals surface area contributed by atoms with Crippen molar-refractivity contribution in [3.63, 3.8) is 0 Å². The van der Waals surface area contributed by atoms with Crippen molar-refractivity contribution in [2.24, 2.45) is 0 Å². The number of aliphatic hydroxyl groups is 2. The third-order valence-electron chi connectivity index (χ3n) is 2.70. The molecule has 0 aromatic carbocycles. The zero-order valence-corrected chi connectivity index (χ0v) is 11.8. The summed E-state index contributed by atoms with van der Waals surface area (Å²) in [5, 5.41) is 19.0. The quantitative estimate of drug-likeness (QED) is 0.470. The van der Waals surface area contributed by atoms with Crippen molar-refractivity contribution in [1.29, 1.82) is 0 Å². The van der Waals surface area contributed by atoms with E-state index in [0.29, 0.717) is 0 Å². The Kier molecular flexibility index (Phi) is 6.06. The van der Waals surface area contributed by atoms with Crippen LogP contribution in [0.5, 0.6) is 0 Å². The molecule has 0 spiro atoms. The van der Waals surface area contributed by atoms with Crippen LogP contribution in [0.1, 0.15) is 20.8 Å². The number of ether oxygens (including phenoxy) is 4. The van der Waals surface area contributed by atoms with E-state index in [9.17, 15) is 24.6 Å². The molecule has 9 heteroatoms. The van der Waals surface area contributed by atoms with Gasteiger partial charge in [-0.3, -0.25) is 14.4 Å². The van der Waals surface area contributed by atoms with Gasteiger partial charge in [0.15, 0.2) is 24.6 Å². The van der Waals surface area contributed by atoms with Gasteiger partial charge in [0.25, 0.3) is 0 Å². The minimum absolute atomic E-state index is 0.598. The fourth-order valence-electron chi connectivity index (χ4n) is 2.02. The first-order valence-electron chi connectivity index (χ1n) is 6.22. The SMILES string of the molecule is CC(=O)O[C@@H]1[C@@H](OC(C)=O)[C@H](O)O[C@H](CO)[C@@H]1OC(C)=O. The Morgan fingerprint density at radius 1 is 0.905 bits per heavy atom. The Morgan fingerprint density at radius 3 is 1.76 bits per heavy atom. The molecule has 1 heterocycles. The molecule has 1 fully saturated rings. The van der Waals surface area contributed by atoms with Gasteiger partial charge in [0.2, 0.25) is 0 Å². The lowest BCUT2D eigenvalue weighted by molar-refractivity contribution is -0.295. The fraction of sp³-hybridized carbons (Fsp3) is 0.750. The summed E-state index contributed by atoms with van der Waals surface area (Å²) in [6.45, 7) is 2.71. The molecule has 0 aromatic rings. The lowest BCUT2D eigenvalue weighted by atomic mass is 9.98. The highest BCUT2D eigenvalue weighted by Crippen LogP contribution is 2.27. The molecule has 0 aliphatic carbocycles. The third kappa shape index (κ3) is 4.66. The van der Waals surface area contributed by atoms with Crippen LogP contribution in [0.4, 0.5) is 0 Å². The minimum Gasteiger partial charge on any atom is -0.456 e. The summed E-state index contributed by atoms with van der Waals surface area (Å²) < 4.78 is 19.8. The molecule has 0 amide bonds. The minimum atomic E-state index is -1.64. The molecule has 0 unspecified atom stereocenters. The molecule has 1 saturated heterocycles. The summed E-state index contributed by atoms with van der Waals surface area (Å²) in [5.74, 6) is -2.19. The van der Waals surface area contributed by atoms with Crippen LogP contribution >= 0.6 is 0 Å². The lowest BCUT2D eigenvalue weighted by Gasteiger charge is -2.42. The van der Waals surface area contributed by atoms with Crippen molar-refractivity contribution < 1.29 is 43.5 Å². The maximum Gasteiger partial charge on any atom is 0.303 e. The van der Waals surface area contributed by atoms with E-state index in [1.54, 1.807) is 0 Å². The zero-order valence-electron chi connectivity index (χ0n) is 11.8. The average molecular weight is 306 g/mol. The van der Waals surface area contributed by atoms with Gasteiger partial charge in [-0.05, 0) is 0 Å². The van der Waals surface area contributed by atoms with Crippen molar-refractivity contribution in [3.05, 3.63) is 0 Å². The van der Waals surface area contributed by atoms with Crippen molar-refractivity contribution in [1.82, 2.24) is 0 Å². The largest absolute Gasteiger partial charge is 0.456 e. The summed E-state index contributed by atoms with van der Waals surface area (Å²) in [4.78, 5) is 33.4. The van der Waals surface area contributed by atoms with Crippen molar-refractivity contribution in [2.75, 3.05) is 6.61 Å². The highest BCUT2D eigenvalue weighted by molar-refractivity contribution is 5.68. The monoisotopic (exact) mass is 306 g/mol. The zero-order chi connectivity index (χ0) is 16.2. The predicted octanol–water partition coefficient (Wildman–Crippen LogP) is -1.51. The summed E-state index contributed by atoms with van der Waals surface area (Å²) in [7, 11) is 0. The van der Waals surface area contributed by atoms with E-state index in [1.165, 1.54) is 0 Å². The van der Waals surface area contributed by atoms with E-state index >= 15 is 0 Å². The number of hydrogen-bond acceptors (Lipinski definition) is 9. The molecule has 0 bridgehead atoms. The highest BCUT2D eigenvalue weighted by atomic mass is 16.7. The summed E-state index contributed by atoms with van der Waals surface area (Å²) >= 11 is 0. The van der Waals surface area contributed by atoms with E-state index in [4.69, 9.17) is 18.9 Å². The first-order valence-corrected chi connectivity index (χ1v) is 6.22. The Balaban J connectivity index is 3.08. The molecule has 120 valence electrons. The smallest absolute Gasteiger partial charge is 0.303 e. The summed E-state index contributed by atoms with van der Waals surface area (Å²) in [6.07, 6.45) is -6.65. The van der Waals surface area contributed by atoms with Crippen molar-refractivity contribution in [2.45, 2.75) is 51.5 Å². The second-order valence-corrected chi connectivity index (χ2v) is 4.47. The average Bonchev–Trinajstić information content (AvgIpc) is 2.35. The highest BCUT2D eigenvalue weighted by Gasteiger charge is 2.51. The second kappa shape index (κ2) is 7.34. The molecule has 1 aliphatic rings. The number of carbonyl (C=O) groups excluding carboxylic acids is 3. The van der Waals surface area contributed by atoms with Gasteiger partial charge in [-0.15, -0.1) is 0 Å². The summed E-state index contributed by atoms with van der Waals surface area (Å²) in [5.41, 5.74) is 0. The van der Waals surface area contributed by atoms with Crippen LogP contribution in [-0.4, -0.2) is 65.4 Å². The maximum absolute atomic E-state index is 11.2. The van der Waals surface area contributed by atoms with Crippen LogP contribution in [-0.2, 0) is 33.3 Å². The number of esters is 3. The molecule has 2 N–H and O–H groups in total. The van der Waals surface area contributed by atoms with E-state index in [2.05, 4.69) is 0 Å². The fourth-order valence-corrected chi connectivity index (χ4v) is 2.02. The van der Waals surface area contributed by atoms with E-state index < -0.39 is 55.2 Å². The molecule has 0 radical (unpaired) electrons. The molecule has 0 saturated carbocycles. The lowest BCUT2D eigenvalue weighted by Crippen LogP contribution is -2.62. The molecule has 1 aliphatic heterocycles. The Morgan fingerprint density at radius 2 is 1.33 bits per heavy atom. The molecule has 1 rings (SSSR count). The van der Waals surface area contributed by atoms with Gasteiger partial charge in [0, 0.05) is 20.8 Å². The van der Waals surface area contributed by atoms with Crippen LogP contribution in [0, 0.1) is 0 Å². The molecular formula is C12H18O9. The molecule has 5 atom stereocenters. The topological polar surface area (TPSA) is 129 Å². The molecule has 21 heavy (non-hydrogen) atoms. The first kappa shape index (κ1) is 17.3. The van der Waals surface area contributed by atoms with Crippen LogP contribution in [0.3, 0.4) is 0 Å². The van der Waals surface area contributed by atoms with E-state index in [1.807, 2.05) is 0 Å². The van der Waals surface area contributed by atoms with Gasteiger partial charge in [0.1, 0.15) is 6.10 Å². The summed E-state index contributed by atoms with van der Waals surface area (Å²) in [6, 6.07) is 0. The van der Waals surface area contributed by atoms with Gasteiger partial charge in [-0.2, -0.15) is 0 Å². The number of carbonyl (C=O) groups is 3. The Hall–Kier alpha value is -1.71. The Bertz CT molecular complexity index is 408. The standard InChI is InChI=1S/C12H18O9/c1-5(14)18-9-8(4-13)21-12(17)11(20-7(3)16)10(9)19-6(2)15/h8-13,17H,4H2,1-3H3/t8-,9+,10+,11-,12-/m1/s1. The number of hydrogen-bond donors (Lipinski definition) is 2. The van der Waals surface area contributed by atoms with Gasteiger partial charge in [0.05, 0.1) is 6.61 Å². The third-order valence-corrected chi connectivity index (χ3v) is 2.70. The number of rotatable bonds is 4. The normalized spacial score (nSPS) is 32.1. The van der Waals surface area contributed by atoms with Crippen molar-refractivity contribution >= 4 is 17.9 Å². The number of aliphatic hydroxyl groups excluding tert-OH is 2. The molecular weight excluding hydrogens is 288 g/mol. The molecule has 0 aromatic heterocycles. The van der Waals surface area contributed by atoms with Gasteiger partial charge in [-0.25, -0.2) is 0 Å². The van der Waals surface area contributed by atoms with Crippen LogP contribution < -0.4 is 0 Å². The van der Waals surface area contributed by atoms with Gasteiger partial charge < -0.3 is 29.2 Å². The van der Waals surface area contributed by atoms with Crippen LogP contribution in [0.15, 0.2) is 0 Å².